The van der Waals surface area contributed by atoms with Gasteiger partial charge in [-0.05, 0) is 49.2 Å². The molecule has 8 heteroatoms. The van der Waals surface area contributed by atoms with Crippen LogP contribution in [0.1, 0.15) is 11.1 Å². The van der Waals surface area contributed by atoms with E-state index >= 15 is 0 Å². The Labute approximate surface area is 122 Å². The molecule has 0 amide bonds. The maximum Gasteiger partial charge on any atom is 0.263 e. The molecule has 0 saturated carbocycles. The molecule has 0 aliphatic heterocycles. The van der Waals surface area contributed by atoms with Gasteiger partial charge in [0.25, 0.3) is 10.0 Å². The van der Waals surface area contributed by atoms with E-state index in [4.69, 9.17) is 5.84 Å². The first-order chi connectivity index (χ1) is 9.83. The van der Waals surface area contributed by atoms with E-state index in [0.717, 1.165) is 12.3 Å². The highest BCUT2D eigenvalue weighted by molar-refractivity contribution is 7.92. The number of nitrogens with two attached hydrogens (primary N) is 1. The van der Waals surface area contributed by atoms with E-state index in [1.165, 1.54) is 6.07 Å². The van der Waals surface area contributed by atoms with E-state index < -0.39 is 15.8 Å². The smallest absolute Gasteiger partial charge is 0.263 e. The minimum absolute atomic E-state index is 0.0521. The number of hydrazine groups is 1. The van der Waals surface area contributed by atoms with Crippen molar-refractivity contribution in [3.8, 4) is 0 Å². The van der Waals surface area contributed by atoms with E-state index in [1.54, 1.807) is 26.0 Å². The number of sulfonamides is 1. The number of nitrogen functional groups attached to an aromatic ring is 1. The van der Waals surface area contributed by atoms with E-state index in [2.05, 4.69) is 15.1 Å². The molecular weight excluding hydrogens is 295 g/mol. The molecule has 112 valence electrons. The lowest BCUT2D eigenvalue weighted by Crippen LogP contribution is -2.17. The monoisotopic (exact) mass is 310 g/mol. The molecule has 21 heavy (non-hydrogen) atoms. The predicted octanol–water partition coefficient (Wildman–Crippen LogP) is 1.92. The number of rotatable bonds is 4. The summed E-state index contributed by atoms with van der Waals surface area (Å²) in [5.41, 5.74) is 4.17. The van der Waals surface area contributed by atoms with E-state index in [1.807, 2.05) is 0 Å². The summed E-state index contributed by atoms with van der Waals surface area (Å²) in [6.45, 7) is 3.33. The summed E-state index contributed by atoms with van der Waals surface area (Å²) in [7, 11) is -3.82. The first-order valence-corrected chi connectivity index (χ1v) is 7.54. The van der Waals surface area contributed by atoms with Crippen LogP contribution >= 0.6 is 0 Å². The Hall–Kier alpha value is -2.19. The highest BCUT2D eigenvalue weighted by Crippen LogP contribution is 2.25. The van der Waals surface area contributed by atoms with Crippen molar-refractivity contribution in [1.29, 1.82) is 0 Å². The van der Waals surface area contributed by atoms with Crippen molar-refractivity contribution in [2.45, 2.75) is 18.7 Å². The van der Waals surface area contributed by atoms with Gasteiger partial charge in [-0.1, -0.05) is 0 Å². The maximum absolute atomic E-state index is 12.8. The van der Waals surface area contributed by atoms with Crippen molar-refractivity contribution in [2.24, 2.45) is 5.84 Å². The Morgan fingerprint density at radius 1 is 1.19 bits per heavy atom. The zero-order valence-electron chi connectivity index (χ0n) is 11.5. The fourth-order valence-corrected chi connectivity index (χ4v) is 3.55. The molecule has 6 nitrogen and oxygen atoms in total. The zero-order chi connectivity index (χ0) is 15.6. The van der Waals surface area contributed by atoms with E-state index in [0.29, 0.717) is 16.8 Å². The molecule has 0 unspecified atom stereocenters. The second kappa shape index (κ2) is 5.66. The Balaban J connectivity index is 2.42. The van der Waals surface area contributed by atoms with Gasteiger partial charge in [0.05, 0.1) is 11.1 Å². The Kier molecular flexibility index (Phi) is 4.10. The van der Waals surface area contributed by atoms with Crippen LogP contribution in [0.3, 0.4) is 0 Å². The lowest BCUT2D eigenvalue weighted by molar-refractivity contribution is 0.599. The average molecular weight is 310 g/mol. The summed E-state index contributed by atoms with van der Waals surface area (Å²) < 4.78 is 40.0. The SMILES string of the molecule is Cc1cc(NN)cc(C)c1S(=O)(=O)Nc1ccc(F)cn1. The molecule has 0 fully saturated rings. The molecule has 1 aromatic carbocycles. The summed E-state index contributed by atoms with van der Waals surface area (Å²) >= 11 is 0. The van der Waals surface area contributed by atoms with Crippen LogP contribution < -0.4 is 16.0 Å². The molecule has 1 aromatic heterocycles. The molecule has 2 rings (SSSR count). The van der Waals surface area contributed by atoms with Crippen LogP contribution in [0.5, 0.6) is 0 Å². The van der Waals surface area contributed by atoms with Gasteiger partial charge in [-0.25, -0.2) is 17.8 Å². The topological polar surface area (TPSA) is 97.1 Å². The number of nitrogens with zero attached hydrogens (tertiary/aromatic N) is 1. The summed E-state index contributed by atoms with van der Waals surface area (Å²) in [6, 6.07) is 5.64. The Bertz CT molecular complexity index is 737. The third-order valence-corrected chi connectivity index (χ3v) is 4.52. The molecule has 2 aromatic rings. The number of hydrogen-bond donors (Lipinski definition) is 3. The molecule has 4 N–H and O–H groups in total. The molecule has 0 saturated heterocycles. The fourth-order valence-electron chi connectivity index (χ4n) is 2.08. The maximum atomic E-state index is 12.8. The van der Waals surface area contributed by atoms with Gasteiger partial charge < -0.3 is 5.43 Å². The van der Waals surface area contributed by atoms with Crippen LogP contribution in [0, 0.1) is 19.7 Å². The molecule has 0 aliphatic rings. The highest BCUT2D eigenvalue weighted by Gasteiger charge is 2.20. The third kappa shape index (κ3) is 3.29. The Morgan fingerprint density at radius 3 is 2.29 bits per heavy atom. The van der Waals surface area contributed by atoms with Gasteiger partial charge in [0, 0.05) is 5.69 Å². The van der Waals surface area contributed by atoms with E-state index in [9.17, 15) is 12.8 Å². The van der Waals surface area contributed by atoms with Crippen molar-refractivity contribution >= 4 is 21.5 Å². The van der Waals surface area contributed by atoms with Crippen LogP contribution in [0.15, 0.2) is 35.4 Å². The minimum atomic E-state index is -3.82. The summed E-state index contributed by atoms with van der Waals surface area (Å²) in [5, 5.41) is 0. The number of pyridine rings is 1. The van der Waals surface area contributed by atoms with Crippen LogP contribution in [-0.4, -0.2) is 13.4 Å². The van der Waals surface area contributed by atoms with Gasteiger partial charge in [0.2, 0.25) is 0 Å². The molecule has 0 radical (unpaired) electrons. The third-order valence-electron chi connectivity index (χ3n) is 2.86. The summed E-state index contributed by atoms with van der Waals surface area (Å²) in [6.07, 6.45) is 0.943. The lowest BCUT2D eigenvalue weighted by atomic mass is 10.1. The standard InChI is InChI=1S/C13H15FN4O2S/c1-8-5-11(17-15)6-9(2)13(8)21(19,20)18-12-4-3-10(14)7-16-12/h3-7,17H,15H2,1-2H3,(H,16,18). The van der Waals surface area contributed by atoms with Gasteiger partial charge in [-0.2, -0.15) is 0 Å². The van der Waals surface area contributed by atoms with Crippen molar-refractivity contribution in [3.05, 3.63) is 47.4 Å². The molecule has 0 bridgehead atoms. The molecule has 1 heterocycles. The van der Waals surface area contributed by atoms with Gasteiger partial charge in [0.15, 0.2) is 0 Å². The molecular formula is C13H15FN4O2S. The van der Waals surface area contributed by atoms with Gasteiger partial charge in [0.1, 0.15) is 11.6 Å². The van der Waals surface area contributed by atoms with Gasteiger partial charge in [-0.15, -0.1) is 0 Å². The van der Waals surface area contributed by atoms with Crippen molar-refractivity contribution in [1.82, 2.24) is 4.98 Å². The summed E-state index contributed by atoms with van der Waals surface area (Å²) in [4.78, 5) is 3.83. The first kappa shape index (κ1) is 15.2. The first-order valence-electron chi connectivity index (χ1n) is 6.06. The fraction of sp³-hybridized carbons (Fsp3) is 0.154. The highest BCUT2D eigenvalue weighted by atomic mass is 32.2. The second-order valence-corrected chi connectivity index (χ2v) is 6.17. The van der Waals surface area contributed by atoms with E-state index in [-0.39, 0.29) is 10.7 Å². The second-order valence-electron chi connectivity index (χ2n) is 4.55. The average Bonchev–Trinajstić information content (AvgIpc) is 2.39. The minimum Gasteiger partial charge on any atom is -0.324 e. The number of hydrogen-bond acceptors (Lipinski definition) is 5. The van der Waals surface area contributed by atoms with Crippen LogP contribution in [0.25, 0.3) is 0 Å². The zero-order valence-corrected chi connectivity index (χ0v) is 12.3. The Morgan fingerprint density at radius 2 is 1.81 bits per heavy atom. The predicted molar refractivity (Wildman–Crippen MR) is 78.7 cm³/mol. The number of aryl methyl sites for hydroxylation is 2. The quantitative estimate of drug-likeness (QED) is 0.592. The molecule has 0 spiro atoms. The number of halogens is 1. The van der Waals surface area contributed by atoms with Crippen LogP contribution in [0.2, 0.25) is 0 Å². The number of aromatic nitrogens is 1. The summed E-state index contributed by atoms with van der Waals surface area (Å²) in [5.74, 6) is 4.84. The van der Waals surface area contributed by atoms with Gasteiger partial charge >= 0.3 is 0 Å². The van der Waals surface area contributed by atoms with Crippen LogP contribution in [0.4, 0.5) is 15.9 Å². The normalized spacial score (nSPS) is 11.2. The van der Waals surface area contributed by atoms with Crippen molar-refractivity contribution in [3.63, 3.8) is 0 Å². The van der Waals surface area contributed by atoms with Crippen molar-refractivity contribution < 1.29 is 12.8 Å². The lowest BCUT2D eigenvalue weighted by Gasteiger charge is -2.14. The number of nitrogens with one attached hydrogen (secondary N) is 2. The van der Waals surface area contributed by atoms with Crippen molar-refractivity contribution in [2.75, 3.05) is 10.1 Å². The van der Waals surface area contributed by atoms with Crippen LogP contribution in [-0.2, 0) is 10.0 Å². The van der Waals surface area contributed by atoms with Gasteiger partial charge in [-0.3, -0.25) is 10.6 Å². The molecule has 0 atom stereocenters. The molecule has 0 aliphatic carbocycles. The largest absolute Gasteiger partial charge is 0.324 e. The number of anilines is 2. The number of benzene rings is 1.